The minimum atomic E-state index is -0.0904. The highest BCUT2D eigenvalue weighted by Gasteiger charge is 2.45. The molecule has 0 N–H and O–H groups in total. The molecule has 4 aliphatic rings. The summed E-state index contributed by atoms with van der Waals surface area (Å²) in [5.74, 6) is 3.04. The maximum atomic E-state index is 6.35. The zero-order valence-electron chi connectivity index (χ0n) is 34.6. The Bertz CT molecular complexity index is 2840. The Kier molecular flexibility index (Phi) is 7.94. The molecular weight excluding hydrogens is 727 g/mol. The molecule has 0 spiro atoms. The highest BCUT2D eigenvalue weighted by molar-refractivity contribution is 7.00. The van der Waals surface area contributed by atoms with E-state index in [0.29, 0.717) is 26.4 Å². The van der Waals surface area contributed by atoms with Gasteiger partial charge in [0.15, 0.2) is 23.0 Å². The van der Waals surface area contributed by atoms with Gasteiger partial charge in [-0.05, 0) is 115 Å². The normalized spacial score (nSPS) is 15.1. The van der Waals surface area contributed by atoms with Gasteiger partial charge in [-0.2, -0.15) is 0 Å². The Hall–Kier alpha value is -6.34. The largest absolute Gasteiger partial charge is 0.486 e. The second-order valence-corrected chi connectivity index (χ2v) is 18.3. The third-order valence-corrected chi connectivity index (χ3v) is 12.5. The number of hydrogen-bond donors (Lipinski definition) is 0. The fourth-order valence-corrected chi connectivity index (χ4v) is 9.37. The van der Waals surface area contributed by atoms with E-state index >= 15 is 0 Å². The summed E-state index contributed by atoms with van der Waals surface area (Å²) in [5.41, 5.74) is 15.1. The molecule has 7 aromatic carbocycles. The predicted molar refractivity (Wildman–Crippen MR) is 243 cm³/mol. The van der Waals surface area contributed by atoms with E-state index < -0.39 is 0 Å². The van der Waals surface area contributed by atoms with E-state index in [0.717, 1.165) is 62.6 Å². The minimum Gasteiger partial charge on any atom is -0.486 e. The average molecular weight is 775 g/mol. The van der Waals surface area contributed by atoms with Crippen molar-refractivity contribution in [3.8, 4) is 34.1 Å². The van der Waals surface area contributed by atoms with Gasteiger partial charge in [0.1, 0.15) is 26.4 Å². The van der Waals surface area contributed by atoms with Crippen molar-refractivity contribution in [3.63, 3.8) is 0 Å². The minimum absolute atomic E-state index is 0.0268. The molecular formula is C52H47BN2O4. The van der Waals surface area contributed by atoms with Gasteiger partial charge in [-0.15, -0.1) is 0 Å². The van der Waals surface area contributed by atoms with Crippen LogP contribution in [0.3, 0.4) is 0 Å². The van der Waals surface area contributed by atoms with Gasteiger partial charge >= 0.3 is 0 Å². The molecule has 0 saturated carbocycles. The summed E-state index contributed by atoms with van der Waals surface area (Å²) in [4.78, 5) is 4.91. The number of ether oxygens (including phenoxy) is 4. The molecule has 0 unspecified atom stereocenters. The molecule has 0 atom stereocenters. The molecule has 7 heteroatoms. The second kappa shape index (κ2) is 13.1. The quantitative estimate of drug-likeness (QED) is 0.167. The summed E-state index contributed by atoms with van der Waals surface area (Å²) in [5, 5.41) is 2.43. The van der Waals surface area contributed by atoms with Gasteiger partial charge < -0.3 is 28.7 Å². The van der Waals surface area contributed by atoms with E-state index in [9.17, 15) is 0 Å². The van der Waals surface area contributed by atoms with Crippen LogP contribution in [0.5, 0.6) is 23.0 Å². The first kappa shape index (κ1) is 35.8. The summed E-state index contributed by atoms with van der Waals surface area (Å²) < 4.78 is 24.9. The summed E-state index contributed by atoms with van der Waals surface area (Å²) in [6.07, 6.45) is 0. The van der Waals surface area contributed by atoms with E-state index in [2.05, 4.69) is 173 Å². The Labute approximate surface area is 347 Å². The lowest BCUT2D eigenvalue weighted by Gasteiger charge is -2.45. The van der Waals surface area contributed by atoms with Crippen molar-refractivity contribution >= 4 is 68.0 Å². The molecule has 4 heterocycles. The van der Waals surface area contributed by atoms with E-state index in [1.807, 2.05) is 6.07 Å². The Morgan fingerprint density at radius 1 is 0.424 bits per heavy atom. The van der Waals surface area contributed by atoms with Crippen LogP contribution in [-0.4, -0.2) is 33.1 Å². The molecule has 0 aliphatic carbocycles. The average Bonchev–Trinajstić information content (AvgIpc) is 3.24. The maximum Gasteiger partial charge on any atom is 0.252 e. The number of fused-ring (bicyclic) bond motifs is 7. The number of nitrogens with zero attached hydrogens (tertiary/aromatic N) is 2. The van der Waals surface area contributed by atoms with Gasteiger partial charge in [0.05, 0.1) is 5.69 Å². The number of benzene rings is 7. The van der Waals surface area contributed by atoms with Crippen molar-refractivity contribution < 1.29 is 18.9 Å². The molecule has 292 valence electrons. The van der Waals surface area contributed by atoms with Crippen LogP contribution in [-0.2, 0) is 10.8 Å². The van der Waals surface area contributed by atoms with Crippen molar-refractivity contribution in [3.05, 3.63) is 139 Å². The number of anilines is 6. The van der Waals surface area contributed by atoms with Crippen molar-refractivity contribution in [2.24, 2.45) is 0 Å². The Balaban J connectivity index is 1.25. The lowest BCUT2D eigenvalue weighted by Crippen LogP contribution is -2.61. The molecule has 0 amide bonds. The molecule has 0 aromatic heterocycles. The fourth-order valence-electron chi connectivity index (χ4n) is 9.37. The number of rotatable bonds is 3. The maximum absolute atomic E-state index is 6.35. The lowest BCUT2D eigenvalue weighted by atomic mass is 9.33. The summed E-state index contributed by atoms with van der Waals surface area (Å²) in [7, 11) is 0. The van der Waals surface area contributed by atoms with Gasteiger partial charge in [0, 0.05) is 40.6 Å². The van der Waals surface area contributed by atoms with Crippen molar-refractivity contribution in [1.29, 1.82) is 0 Å². The third kappa shape index (κ3) is 5.84. The predicted octanol–water partition coefficient (Wildman–Crippen LogP) is 10.7. The van der Waals surface area contributed by atoms with E-state index in [1.165, 1.54) is 44.0 Å². The summed E-state index contributed by atoms with van der Waals surface area (Å²) >= 11 is 0. The van der Waals surface area contributed by atoms with Crippen molar-refractivity contribution in [2.45, 2.75) is 52.4 Å². The van der Waals surface area contributed by atoms with Gasteiger partial charge in [-0.3, -0.25) is 0 Å². The molecule has 4 aliphatic heterocycles. The summed E-state index contributed by atoms with van der Waals surface area (Å²) in [6, 6.07) is 47.3. The van der Waals surface area contributed by atoms with E-state index in [4.69, 9.17) is 18.9 Å². The fraction of sp³-hybridized carbons (Fsp3) is 0.231. The molecule has 59 heavy (non-hydrogen) atoms. The van der Waals surface area contributed by atoms with Gasteiger partial charge in [0.2, 0.25) is 0 Å². The van der Waals surface area contributed by atoms with Crippen LogP contribution in [0.25, 0.3) is 21.9 Å². The highest BCUT2D eigenvalue weighted by Crippen LogP contribution is 2.49. The highest BCUT2D eigenvalue weighted by atomic mass is 16.6. The van der Waals surface area contributed by atoms with Crippen LogP contribution in [0, 0.1) is 0 Å². The molecule has 6 nitrogen and oxygen atoms in total. The van der Waals surface area contributed by atoms with Gasteiger partial charge in [0.25, 0.3) is 6.71 Å². The molecule has 0 radical (unpaired) electrons. The third-order valence-electron chi connectivity index (χ3n) is 12.5. The van der Waals surface area contributed by atoms with Crippen LogP contribution in [0.1, 0.15) is 52.7 Å². The van der Waals surface area contributed by atoms with E-state index in [-0.39, 0.29) is 17.5 Å². The molecule has 0 bridgehead atoms. The topological polar surface area (TPSA) is 43.4 Å². The standard InChI is InChI=1S/C52H47BN2O4/c1-51(2,3)36-13-16-38(17-14-36)54-42-19-15-37(52(4,5)6)28-40(42)53-41-30-48-49(59-24-23-58-48)31-43(41)55(39-18-20-46-47(29-39)57-22-21-56-46)45-27-35(26-44(54)50(45)53)34-12-11-32-9-7-8-10-33(32)25-34/h7-20,25-31H,21-24H2,1-6H3. The SMILES string of the molecule is CC(C)(C)c1ccc(N2c3ccc(C(C)(C)C)cc3B3c4cc5c(cc4N(c4ccc6c(c4)OCCO6)c4cc(-c6ccc7ccccc7c6)cc2c43)OCCO5)cc1. The van der Waals surface area contributed by atoms with E-state index in [1.54, 1.807) is 0 Å². The number of hydrogen-bond acceptors (Lipinski definition) is 6. The Morgan fingerprint density at radius 2 is 1.00 bits per heavy atom. The van der Waals surface area contributed by atoms with Crippen LogP contribution >= 0.6 is 0 Å². The molecule has 7 aromatic rings. The van der Waals surface area contributed by atoms with Gasteiger partial charge in [-0.1, -0.05) is 102 Å². The van der Waals surface area contributed by atoms with Crippen molar-refractivity contribution in [2.75, 3.05) is 36.2 Å². The first-order chi connectivity index (χ1) is 28.5. The van der Waals surface area contributed by atoms with Gasteiger partial charge in [-0.25, -0.2) is 0 Å². The molecule has 11 rings (SSSR count). The first-order valence-corrected chi connectivity index (χ1v) is 20.9. The van der Waals surface area contributed by atoms with Crippen molar-refractivity contribution in [1.82, 2.24) is 0 Å². The Morgan fingerprint density at radius 3 is 1.69 bits per heavy atom. The van der Waals surface area contributed by atoms with Crippen LogP contribution in [0.15, 0.2) is 127 Å². The zero-order valence-corrected chi connectivity index (χ0v) is 34.6. The molecule has 0 fully saturated rings. The van der Waals surface area contributed by atoms with Crippen LogP contribution in [0.4, 0.5) is 34.1 Å². The molecule has 0 saturated heterocycles. The second-order valence-electron chi connectivity index (χ2n) is 18.3. The monoisotopic (exact) mass is 774 g/mol. The summed E-state index contributed by atoms with van der Waals surface area (Å²) in [6.45, 7) is 15.7. The first-order valence-electron chi connectivity index (χ1n) is 20.9. The zero-order chi connectivity index (χ0) is 40.2. The van der Waals surface area contributed by atoms with Crippen LogP contribution < -0.4 is 45.1 Å². The van der Waals surface area contributed by atoms with Crippen LogP contribution in [0.2, 0.25) is 0 Å². The lowest BCUT2D eigenvalue weighted by molar-refractivity contribution is 0.171. The smallest absolute Gasteiger partial charge is 0.252 e.